The zero-order valence-corrected chi connectivity index (χ0v) is 46.2. The van der Waals surface area contributed by atoms with Gasteiger partial charge in [-0.3, -0.25) is 0 Å². The molecular formula is C70H55N6OPt-3. The number of benzene rings is 9. The van der Waals surface area contributed by atoms with Gasteiger partial charge in [-0.15, -0.1) is 48.1 Å². The molecule has 12 aromatic rings. The third-order valence-corrected chi connectivity index (χ3v) is 15.5. The molecule has 0 radical (unpaired) electrons. The van der Waals surface area contributed by atoms with Crippen LogP contribution in [0.2, 0.25) is 0 Å². The van der Waals surface area contributed by atoms with Gasteiger partial charge in [0.1, 0.15) is 11.6 Å². The third-order valence-electron chi connectivity index (χ3n) is 15.5. The van der Waals surface area contributed by atoms with E-state index in [1.807, 2.05) is 30.5 Å². The quantitative estimate of drug-likeness (QED) is 0.135. The fraction of sp³-hybridized carbons (Fsp3) is 0.129. The minimum atomic E-state index is -0.0272. The Balaban J connectivity index is 0.00000579. The number of rotatable bonds is 9. The fourth-order valence-corrected chi connectivity index (χ4v) is 11.5. The summed E-state index contributed by atoms with van der Waals surface area (Å²) in [7, 11) is 0. The maximum atomic E-state index is 6.84. The summed E-state index contributed by atoms with van der Waals surface area (Å²) in [4.78, 5) is 15.0. The van der Waals surface area contributed by atoms with Gasteiger partial charge in [0.05, 0.1) is 11.0 Å². The second-order valence-corrected chi connectivity index (χ2v) is 21.5. The topological polar surface area (TPSA) is 51.4 Å². The normalized spacial score (nSPS) is 13.2. The SMILES string of the molecule is Cc1cc(-n2c3[c-]c(Oc4[c-]c(N5[CH-]N(c6ccc(-c7ccccc7)cc6-c6cccc(-c7ccccc7)c6)c6cc7c(cc65)nc5n7CCCC5)ccc4)ccc3c3cc(C(C)(C)C)ccc32)ncc1-c1ccccc1.[Pt]. The van der Waals surface area contributed by atoms with E-state index in [1.165, 1.54) is 22.3 Å². The molecule has 0 aliphatic carbocycles. The molecule has 9 aromatic carbocycles. The van der Waals surface area contributed by atoms with E-state index in [1.54, 1.807) is 0 Å². The van der Waals surface area contributed by atoms with Crippen molar-refractivity contribution in [2.24, 2.45) is 0 Å². The molecule has 3 aromatic heterocycles. The zero-order chi connectivity index (χ0) is 51.8. The van der Waals surface area contributed by atoms with Crippen LogP contribution in [-0.2, 0) is 39.4 Å². The molecule has 0 saturated carbocycles. The molecule has 0 spiro atoms. The molecule has 0 fully saturated rings. The van der Waals surface area contributed by atoms with Gasteiger partial charge in [-0.25, -0.2) is 9.97 Å². The Labute approximate surface area is 470 Å². The minimum absolute atomic E-state index is 0. The van der Waals surface area contributed by atoms with Gasteiger partial charge < -0.3 is 23.7 Å². The van der Waals surface area contributed by atoms with Crippen molar-refractivity contribution in [2.45, 2.75) is 58.9 Å². The summed E-state index contributed by atoms with van der Waals surface area (Å²) in [6, 6.07) is 78.9. The molecule has 0 atom stereocenters. The summed E-state index contributed by atoms with van der Waals surface area (Å²) in [5, 5.41) is 2.24. The van der Waals surface area contributed by atoms with Crippen LogP contribution in [0.1, 0.15) is 50.6 Å². The number of aromatic nitrogens is 4. The Morgan fingerprint density at radius 1 is 0.538 bits per heavy atom. The average molecular weight is 1190 g/mol. The van der Waals surface area contributed by atoms with Gasteiger partial charge in [-0.05, 0) is 118 Å². The molecule has 14 rings (SSSR count). The van der Waals surface area contributed by atoms with Crippen molar-refractivity contribution in [3.8, 4) is 61.8 Å². The van der Waals surface area contributed by atoms with Gasteiger partial charge in [0.15, 0.2) is 0 Å². The number of fused-ring (bicyclic) bond motifs is 7. The Kier molecular flexibility index (Phi) is 12.5. The van der Waals surface area contributed by atoms with Crippen molar-refractivity contribution in [3.63, 3.8) is 0 Å². The van der Waals surface area contributed by atoms with Crippen LogP contribution in [0.4, 0.5) is 22.7 Å². The number of nitrogens with zero attached hydrogens (tertiary/aromatic N) is 6. The molecule has 78 heavy (non-hydrogen) atoms. The molecule has 0 amide bonds. The first-order valence-electron chi connectivity index (χ1n) is 26.7. The van der Waals surface area contributed by atoms with Gasteiger partial charge in [-0.2, -0.15) is 12.1 Å². The van der Waals surface area contributed by atoms with Crippen molar-refractivity contribution in [3.05, 3.63) is 242 Å². The zero-order valence-electron chi connectivity index (χ0n) is 43.9. The molecule has 384 valence electrons. The minimum Gasteiger partial charge on any atom is -0.509 e. The monoisotopic (exact) mass is 1190 g/mol. The average Bonchev–Trinajstić information content (AvgIpc) is 4.20. The Morgan fingerprint density at radius 3 is 1.99 bits per heavy atom. The molecule has 0 unspecified atom stereocenters. The van der Waals surface area contributed by atoms with E-state index >= 15 is 0 Å². The number of hydrogen-bond donors (Lipinski definition) is 0. The molecule has 2 aliphatic heterocycles. The van der Waals surface area contributed by atoms with Crippen molar-refractivity contribution in [1.29, 1.82) is 0 Å². The van der Waals surface area contributed by atoms with Gasteiger partial charge in [0.2, 0.25) is 0 Å². The Hall–Kier alpha value is -8.51. The van der Waals surface area contributed by atoms with Crippen molar-refractivity contribution in [1.82, 2.24) is 19.1 Å². The van der Waals surface area contributed by atoms with E-state index in [0.717, 1.165) is 126 Å². The number of aryl methyl sites for hydroxylation is 3. The van der Waals surface area contributed by atoms with Crippen LogP contribution in [0.15, 0.2) is 206 Å². The van der Waals surface area contributed by atoms with E-state index in [0.29, 0.717) is 11.5 Å². The summed E-state index contributed by atoms with van der Waals surface area (Å²) < 4.78 is 11.5. The van der Waals surface area contributed by atoms with Gasteiger partial charge in [-0.1, -0.05) is 154 Å². The van der Waals surface area contributed by atoms with E-state index in [-0.39, 0.29) is 26.5 Å². The number of pyridine rings is 1. The van der Waals surface area contributed by atoms with Crippen LogP contribution >= 0.6 is 0 Å². The summed E-state index contributed by atoms with van der Waals surface area (Å²) >= 11 is 0. The van der Waals surface area contributed by atoms with Crippen molar-refractivity contribution in [2.75, 3.05) is 9.80 Å². The molecule has 0 N–H and O–H groups in total. The number of hydrogen-bond acceptors (Lipinski definition) is 5. The molecule has 0 saturated heterocycles. The van der Waals surface area contributed by atoms with Crippen LogP contribution in [0, 0.1) is 25.7 Å². The molecular weight excluding hydrogens is 1140 g/mol. The van der Waals surface area contributed by atoms with Gasteiger partial charge in [0.25, 0.3) is 0 Å². The summed E-state index contributed by atoms with van der Waals surface area (Å²) in [5.41, 5.74) is 19.7. The van der Waals surface area contributed by atoms with E-state index < -0.39 is 0 Å². The second-order valence-electron chi connectivity index (χ2n) is 21.5. The maximum Gasteiger partial charge on any atom is 0.135 e. The molecule has 8 heteroatoms. The summed E-state index contributed by atoms with van der Waals surface area (Å²) in [5.74, 6) is 3.15. The Morgan fingerprint density at radius 2 is 1.23 bits per heavy atom. The fourth-order valence-electron chi connectivity index (χ4n) is 11.5. The smallest absolute Gasteiger partial charge is 0.135 e. The first-order valence-corrected chi connectivity index (χ1v) is 26.7. The first-order chi connectivity index (χ1) is 37.7. The standard InChI is InChI=1S/C70H55N6O.Pt/c1-46-36-69(71-44-60(46)49-22-12-7-13-23-49)76-63-34-30-53(70(2,3)4)39-59(63)57-32-31-56(41-64(57)76)77-55-27-17-26-54(40-55)74-45-75(67-43-65-61(42-66(67)74)72-68-28-14-15-35-73(65)68)62-33-29-51(48-20-10-6-11-21-48)38-58(62)52-25-16-24-50(37-52)47-18-8-5-9-19-47;/h5-13,16-27,29-34,36-39,42-45H,14-15,28,35H2,1-4H3;/q-3;. The molecule has 7 nitrogen and oxygen atoms in total. The van der Waals surface area contributed by atoms with Gasteiger partial charge >= 0.3 is 0 Å². The van der Waals surface area contributed by atoms with Gasteiger partial charge in [0, 0.05) is 85.4 Å². The first kappa shape index (κ1) is 49.1. The third kappa shape index (κ3) is 8.77. The maximum absolute atomic E-state index is 6.84. The van der Waals surface area contributed by atoms with E-state index in [9.17, 15) is 0 Å². The Bertz CT molecular complexity index is 4230. The van der Waals surface area contributed by atoms with Crippen LogP contribution in [0.5, 0.6) is 11.5 Å². The van der Waals surface area contributed by atoms with Crippen LogP contribution in [0.25, 0.3) is 83.2 Å². The van der Waals surface area contributed by atoms with E-state index in [2.05, 4.69) is 241 Å². The van der Waals surface area contributed by atoms with Crippen LogP contribution in [0.3, 0.4) is 0 Å². The predicted molar refractivity (Wildman–Crippen MR) is 316 cm³/mol. The predicted octanol–water partition coefficient (Wildman–Crippen LogP) is 17.9. The van der Waals surface area contributed by atoms with Crippen LogP contribution in [-0.4, -0.2) is 19.1 Å². The van der Waals surface area contributed by atoms with Crippen molar-refractivity contribution >= 4 is 55.6 Å². The number of anilines is 4. The molecule has 0 bridgehead atoms. The summed E-state index contributed by atoms with van der Waals surface area (Å²) in [6.45, 7) is 12.1. The van der Waals surface area contributed by atoms with E-state index in [4.69, 9.17) is 14.7 Å². The number of ether oxygens (including phenoxy) is 1. The molecule has 2 aliphatic rings. The number of imidazole rings is 1. The molecule has 5 heterocycles. The summed E-state index contributed by atoms with van der Waals surface area (Å²) in [6.07, 6.45) is 5.27. The largest absolute Gasteiger partial charge is 0.509 e. The second kappa shape index (κ2) is 19.8. The van der Waals surface area contributed by atoms with Crippen molar-refractivity contribution < 1.29 is 25.8 Å². The van der Waals surface area contributed by atoms with Crippen LogP contribution < -0.4 is 14.5 Å².